The fourth-order valence-corrected chi connectivity index (χ4v) is 1.80. The fourth-order valence-electron chi connectivity index (χ4n) is 1.54. The maximum atomic E-state index is 12.2. The van der Waals surface area contributed by atoms with Crippen molar-refractivity contribution in [1.82, 2.24) is 10.2 Å². The number of hydrogen-bond donors (Lipinski definition) is 1. The Kier molecular flexibility index (Phi) is 5.82. The van der Waals surface area contributed by atoms with Crippen LogP contribution in [-0.4, -0.2) is 43.9 Å². The van der Waals surface area contributed by atoms with Gasteiger partial charge in [-0.25, -0.2) is 0 Å². The van der Waals surface area contributed by atoms with Crippen LogP contribution in [0.25, 0.3) is 0 Å². The summed E-state index contributed by atoms with van der Waals surface area (Å²) < 4.78 is 0.991. The Hall–Kier alpha value is -0.710. The molecule has 0 fully saturated rings. The molecule has 94 valence electrons. The molecule has 0 saturated carbocycles. The van der Waals surface area contributed by atoms with Crippen LogP contribution >= 0.6 is 15.9 Å². The smallest absolute Gasteiger partial charge is 0.179 e. The summed E-state index contributed by atoms with van der Waals surface area (Å²) in [7, 11) is 3.88. The molecule has 0 aliphatic rings. The van der Waals surface area contributed by atoms with Gasteiger partial charge >= 0.3 is 0 Å². The van der Waals surface area contributed by atoms with Gasteiger partial charge in [-0.2, -0.15) is 0 Å². The minimum absolute atomic E-state index is 0.0930. The van der Waals surface area contributed by atoms with Gasteiger partial charge in [0.1, 0.15) is 0 Å². The zero-order valence-electron chi connectivity index (χ0n) is 10.5. The number of nitrogens with one attached hydrogen (secondary N) is 1. The Labute approximate surface area is 111 Å². The third-order valence-corrected chi connectivity index (χ3v) is 3.41. The first-order valence-corrected chi connectivity index (χ1v) is 6.50. The van der Waals surface area contributed by atoms with Gasteiger partial charge in [-0.15, -0.1) is 0 Å². The van der Waals surface area contributed by atoms with Crippen LogP contribution in [0.15, 0.2) is 28.7 Å². The standard InChI is InChI=1S/C13H19BrN2O/c1-10(16(3)9-8-15-2)13(17)11-4-6-12(14)7-5-11/h4-7,10,15H,8-9H2,1-3H3. The highest BCUT2D eigenvalue weighted by Crippen LogP contribution is 2.13. The molecule has 3 nitrogen and oxygen atoms in total. The summed E-state index contributed by atoms with van der Waals surface area (Å²) in [6.07, 6.45) is 0. The molecular weight excluding hydrogens is 280 g/mol. The first kappa shape index (κ1) is 14.4. The SMILES string of the molecule is CNCCN(C)C(C)C(=O)c1ccc(Br)cc1. The second kappa shape index (κ2) is 6.89. The van der Waals surface area contributed by atoms with E-state index in [2.05, 4.69) is 26.1 Å². The molecule has 0 radical (unpaired) electrons. The van der Waals surface area contributed by atoms with Crippen molar-refractivity contribution < 1.29 is 4.79 Å². The van der Waals surface area contributed by atoms with Gasteiger partial charge in [0.05, 0.1) is 6.04 Å². The average molecular weight is 299 g/mol. The highest BCUT2D eigenvalue weighted by Gasteiger charge is 2.18. The molecule has 0 bridgehead atoms. The normalized spacial score (nSPS) is 12.8. The van der Waals surface area contributed by atoms with Gasteiger partial charge < -0.3 is 5.32 Å². The van der Waals surface area contributed by atoms with Crippen molar-refractivity contribution in [3.63, 3.8) is 0 Å². The summed E-state index contributed by atoms with van der Waals surface area (Å²) in [4.78, 5) is 14.2. The van der Waals surface area contributed by atoms with Crippen LogP contribution in [0.5, 0.6) is 0 Å². The monoisotopic (exact) mass is 298 g/mol. The molecule has 1 rings (SSSR count). The molecule has 1 N–H and O–H groups in total. The van der Waals surface area contributed by atoms with Gasteiger partial charge in [0.2, 0.25) is 0 Å². The van der Waals surface area contributed by atoms with Crippen LogP contribution in [0.4, 0.5) is 0 Å². The van der Waals surface area contributed by atoms with Gasteiger partial charge in [0, 0.05) is 23.1 Å². The molecule has 0 amide bonds. The van der Waals surface area contributed by atoms with Gasteiger partial charge in [0.25, 0.3) is 0 Å². The number of carbonyl (C=O) groups is 1. The Balaban J connectivity index is 2.65. The molecule has 0 heterocycles. The summed E-state index contributed by atoms with van der Waals surface area (Å²) in [6, 6.07) is 7.41. The summed E-state index contributed by atoms with van der Waals surface area (Å²) in [5, 5.41) is 3.08. The zero-order valence-corrected chi connectivity index (χ0v) is 12.1. The van der Waals surface area contributed by atoms with E-state index in [4.69, 9.17) is 0 Å². The van der Waals surface area contributed by atoms with Crippen molar-refractivity contribution in [3.05, 3.63) is 34.3 Å². The molecule has 1 aromatic rings. The summed E-state index contributed by atoms with van der Waals surface area (Å²) in [5.41, 5.74) is 0.761. The quantitative estimate of drug-likeness (QED) is 0.817. The van der Waals surface area contributed by atoms with Crippen LogP contribution in [0.3, 0.4) is 0 Å². The molecule has 4 heteroatoms. The summed E-state index contributed by atoms with van der Waals surface area (Å²) >= 11 is 3.36. The Morgan fingerprint density at radius 2 is 2.00 bits per heavy atom. The van der Waals surface area contributed by atoms with E-state index in [1.807, 2.05) is 45.3 Å². The number of Topliss-reactive ketones (excluding diaryl/α,β-unsaturated/α-hetero) is 1. The predicted octanol–water partition coefficient (Wildman–Crippen LogP) is 2.17. The van der Waals surface area contributed by atoms with Crippen LogP contribution in [-0.2, 0) is 0 Å². The van der Waals surface area contributed by atoms with Crippen LogP contribution in [0, 0.1) is 0 Å². The number of likely N-dealkylation sites (N-methyl/N-ethyl adjacent to an activating group) is 2. The summed E-state index contributed by atoms with van der Waals surface area (Å²) in [5.74, 6) is 0.163. The molecule has 0 aliphatic carbocycles. The lowest BCUT2D eigenvalue weighted by Gasteiger charge is -2.23. The zero-order chi connectivity index (χ0) is 12.8. The van der Waals surface area contributed by atoms with Crippen molar-refractivity contribution in [3.8, 4) is 0 Å². The van der Waals surface area contributed by atoms with Crippen molar-refractivity contribution >= 4 is 21.7 Å². The fraction of sp³-hybridized carbons (Fsp3) is 0.462. The number of nitrogens with zero attached hydrogens (tertiary/aromatic N) is 1. The van der Waals surface area contributed by atoms with Crippen molar-refractivity contribution in [2.45, 2.75) is 13.0 Å². The van der Waals surface area contributed by atoms with E-state index in [-0.39, 0.29) is 11.8 Å². The molecular formula is C13H19BrN2O. The first-order valence-electron chi connectivity index (χ1n) is 5.71. The van der Waals surface area contributed by atoms with Crippen molar-refractivity contribution in [2.24, 2.45) is 0 Å². The predicted molar refractivity (Wildman–Crippen MR) is 74.5 cm³/mol. The molecule has 17 heavy (non-hydrogen) atoms. The highest BCUT2D eigenvalue weighted by molar-refractivity contribution is 9.10. The van der Waals surface area contributed by atoms with Crippen molar-refractivity contribution in [1.29, 1.82) is 0 Å². The second-order valence-corrected chi connectivity index (χ2v) is 5.05. The molecule has 0 aromatic heterocycles. The van der Waals surface area contributed by atoms with E-state index in [0.717, 1.165) is 23.1 Å². The largest absolute Gasteiger partial charge is 0.318 e. The number of rotatable bonds is 6. The topological polar surface area (TPSA) is 32.3 Å². The lowest BCUT2D eigenvalue weighted by molar-refractivity contribution is 0.0870. The Morgan fingerprint density at radius 1 is 1.41 bits per heavy atom. The third kappa shape index (κ3) is 4.22. The number of carbonyl (C=O) groups excluding carboxylic acids is 1. The maximum Gasteiger partial charge on any atom is 0.179 e. The van der Waals surface area contributed by atoms with E-state index >= 15 is 0 Å². The van der Waals surface area contributed by atoms with E-state index in [9.17, 15) is 4.79 Å². The van der Waals surface area contributed by atoms with Crippen LogP contribution in [0.2, 0.25) is 0 Å². The lowest BCUT2D eigenvalue weighted by Crippen LogP contribution is -2.39. The van der Waals surface area contributed by atoms with E-state index < -0.39 is 0 Å². The number of halogens is 1. The molecule has 0 spiro atoms. The maximum absolute atomic E-state index is 12.2. The second-order valence-electron chi connectivity index (χ2n) is 4.13. The van der Waals surface area contributed by atoms with Crippen LogP contribution in [0.1, 0.15) is 17.3 Å². The van der Waals surface area contributed by atoms with Gasteiger partial charge in [-0.1, -0.05) is 28.1 Å². The molecule has 1 aromatic carbocycles. The Bertz CT molecular complexity index is 364. The molecule has 1 unspecified atom stereocenters. The van der Waals surface area contributed by atoms with Gasteiger partial charge in [-0.05, 0) is 33.2 Å². The van der Waals surface area contributed by atoms with Gasteiger partial charge in [0.15, 0.2) is 5.78 Å². The highest BCUT2D eigenvalue weighted by atomic mass is 79.9. The van der Waals surface area contributed by atoms with E-state index in [1.165, 1.54) is 0 Å². The third-order valence-electron chi connectivity index (χ3n) is 2.88. The first-order chi connectivity index (χ1) is 8.06. The molecule has 0 aliphatic heterocycles. The Morgan fingerprint density at radius 3 is 2.53 bits per heavy atom. The van der Waals surface area contributed by atoms with Crippen molar-refractivity contribution in [2.75, 3.05) is 27.2 Å². The van der Waals surface area contributed by atoms with E-state index in [1.54, 1.807) is 0 Å². The average Bonchev–Trinajstić information content (AvgIpc) is 2.35. The minimum atomic E-state index is -0.0930. The van der Waals surface area contributed by atoms with Crippen LogP contribution < -0.4 is 5.32 Å². The summed E-state index contributed by atoms with van der Waals surface area (Å²) in [6.45, 7) is 3.69. The van der Waals surface area contributed by atoms with E-state index in [0.29, 0.717) is 0 Å². The number of benzene rings is 1. The molecule has 1 atom stereocenters. The minimum Gasteiger partial charge on any atom is -0.318 e. The molecule has 0 saturated heterocycles. The number of ketones is 1. The lowest BCUT2D eigenvalue weighted by atomic mass is 10.0. The number of hydrogen-bond acceptors (Lipinski definition) is 3. The van der Waals surface area contributed by atoms with Gasteiger partial charge in [-0.3, -0.25) is 9.69 Å².